The first-order chi connectivity index (χ1) is 15.0. The number of aromatic nitrogens is 3. The Kier molecular flexibility index (Phi) is 13.7. The summed E-state index contributed by atoms with van der Waals surface area (Å²) in [5.74, 6) is 3.40. The van der Waals surface area contributed by atoms with Crippen LogP contribution in [0, 0.1) is 12.8 Å². The van der Waals surface area contributed by atoms with E-state index in [9.17, 15) is 0 Å². The number of guanidine groups is 1. The Balaban J connectivity index is 0.00000512. The van der Waals surface area contributed by atoms with Crippen LogP contribution in [-0.2, 0) is 19.4 Å². The van der Waals surface area contributed by atoms with Crippen molar-refractivity contribution in [3.63, 3.8) is 0 Å². The highest BCUT2D eigenvalue weighted by molar-refractivity contribution is 14.0. The van der Waals surface area contributed by atoms with E-state index in [-0.39, 0.29) is 24.0 Å². The molecule has 0 saturated heterocycles. The van der Waals surface area contributed by atoms with Gasteiger partial charge in [-0.3, -0.25) is 4.99 Å². The third-order valence-corrected chi connectivity index (χ3v) is 5.49. The second-order valence-corrected chi connectivity index (χ2v) is 8.74. The lowest BCUT2D eigenvalue weighted by Gasteiger charge is -2.13. The fourth-order valence-electron chi connectivity index (χ4n) is 3.39. The summed E-state index contributed by atoms with van der Waals surface area (Å²) in [5.41, 5.74) is 2.45. The first-order valence-electron chi connectivity index (χ1n) is 11.1. The number of aryl methyl sites for hydroxylation is 2. The molecule has 7 nitrogen and oxygen atoms in total. The van der Waals surface area contributed by atoms with Crippen molar-refractivity contribution in [1.82, 2.24) is 25.4 Å². The minimum Gasteiger partial charge on any atom is -0.496 e. The van der Waals surface area contributed by atoms with Crippen molar-refractivity contribution in [2.45, 2.75) is 58.7 Å². The summed E-state index contributed by atoms with van der Waals surface area (Å²) in [6.07, 6.45) is 4.75. The van der Waals surface area contributed by atoms with Gasteiger partial charge in [-0.1, -0.05) is 43.3 Å². The summed E-state index contributed by atoms with van der Waals surface area (Å²) in [5, 5.41) is 16.5. The lowest BCUT2D eigenvalue weighted by atomic mass is 10.1. The molecular formula is C23H39IN6OS. The monoisotopic (exact) mass is 574 g/mol. The maximum absolute atomic E-state index is 5.48. The molecule has 0 aliphatic rings. The molecule has 0 fully saturated rings. The van der Waals surface area contributed by atoms with Gasteiger partial charge in [0.1, 0.15) is 11.6 Å². The molecule has 180 valence electrons. The van der Waals surface area contributed by atoms with Gasteiger partial charge in [0.05, 0.1) is 7.11 Å². The van der Waals surface area contributed by atoms with Gasteiger partial charge in [0.15, 0.2) is 11.1 Å². The Morgan fingerprint density at radius 1 is 1.22 bits per heavy atom. The normalized spacial score (nSPS) is 11.4. The predicted molar refractivity (Wildman–Crippen MR) is 146 cm³/mol. The molecule has 0 saturated carbocycles. The highest BCUT2D eigenvalue weighted by atomic mass is 127. The van der Waals surface area contributed by atoms with Crippen LogP contribution in [0.15, 0.2) is 28.3 Å². The number of methoxy groups -OCH3 is 1. The van der Waals surface area contributed by atoms with Crippen molar-refractivity contribution in [3.05, 3.63) is 35.2 Å². The van der Waals surface area contributed by atoms with E-state index in [1.807, 2.05) is 6.07 Å². The minimum absolute atomic E-state index is 0. The van der Waals surface area contributed by atoms with E-state index >= 15 is 0 Å². The first kappa shape index (κ1) is 28.5. The zero-order chi connectivity index (χ0) is 22.6. The van der Waals surface area contributed by atoms with Crippen LogP contribution in [-0.4, -0.2) is 53.7 Å². The van der Waals surface area contributed by atoms with E-state index in [2.05, 4.69) is 71.5 Å². The summed E-state index contributed by atoms with van der Waals surface area (Å²) in [6, 6.07) is 6.29. The van der Waals surface area contributed by atoms with Gasteiger partial charge < -0.3 is 19.9 Å². The maximum atomic E-state index is 5.48. The van der Waals surface area contributed by atoms with Gasteiger partial charge in [0, 0.05) is 32.6 Å². The number of nitrogens with zero attached hydrogens (tertiary/aromatic N) is 4. The Morgan fingerprint density at radius 3 is 2.66 bits per heavy atom. The molecule has 0 unspecified atom stereocenters. The second-order valence-electron chi connectivity index (χ2n) is 7.96. The Bertz CT molecular complexity index is 840. The van der Waals surface area contributed by atoms with Crippen LogP contribution in [0.5, 0.6) is 5.75 Å². The van der Waals surface area contributed by atoms with E-state index in [4.69, 9.17) is 9.73 Å². The highest BCUT2D eigenvalue weighted by Crippen LogP contribution is 2.20. The van der Waals surface area contributed by atoms with Crippen molar-refractivity contribution in [2.75, 3.05) is 33.0 Å². The lowest BCUT2D eigenvalue weighted by Crippen LogP contribution is -2.38. The predicted octanol–water partition coefficient (Wildman–Crippen LogP) is 4.32. The SMILES string of the molecule is CCNC(=NCCCc1nnc(SC)n1CC(C)C)NCCc1cc(C)ccc1OC.I. The highest BCUT2D eigenvalue weighted by Gasteiger charge is 2.12. The standard InChI is InChI=1S/C23H38N6OS.HI/c1-7-24-22(26-14-12-19-15-18(4)10-11-20(19)30-5)25-13-8-9-21-27-28-23(31-6)29(21)16-17(2)3;/h10-11,15,17H,7-9,12-14,16H2,1-6H3,(H2,24,25,26);1H. The molecule has 2 rings (SSSR count). The third kappa shape index (κ3) is 9.17. The number of hydrogen-bond acceptors (Lipinski definition) is 5. The molecule has 0 aliphatic carbocycles. The van der Waals surface area contributed by atoms with Gasteiger partial charge in [-0.2, -0.15) is 0 Å². The topological polar surface area (TPSA) is 76.4 Å². The Hall–Kier alpha value is -1.49. The fourth-order valence-corrected chi connectivity index (χ4v) is 3.91. The van der Waals surface area contributed by atoms with Crippen LogP contribution in [0.4, 0.5) is 0 Å². The zero-order valence-corrected chi connectivity index (χ0v) is 23.4. The maximum Gasteiger partial charge on any atom is 0.191 e. The molecule has 0 radical (unpaired) electrons. The lowest BCUT2D eigenvalue weighted by molar-refractivity contribution is 0.409. The Labute approximate surface area is 214 Å². The molecule has 2 aromatic rings. The first-order valence-corrected chi connectivity index (χ1v) is 12.3. The zero-order valence-electron chi connectivity index (χ0n) is 20.3. The summed E-state index contributed by atoms with van der Waals surface area (Å²) < 4.78 is 7.73. The van der Waals surface area contributed by atoms with E-state index in [0.29, 0.717) is 5.92 Å². The fraction of sp³-hybridized carbons (Fsp3) is 0.609. The van der Waals surface area contributed by atoms with Crippen LogP contribution < -0.4 is 15.4 Å². The number of benzene rings is 1. The van der Waals surface area contributed by atoms with Crippen molar-refractivity contribution < 1.29 is 4.74 Å². The number of aliphatic imine (C=N–C) groups is 1. The van der Waals surface area contributed by atoms with Crippen LogP contribution in [0.2, 0.25) is 0 Å². The third-order valence-electron chi connectivity index (χ3n) is 4.82. The van der Waals surface area contributed by atoms with Crippen LogP contribution in [0.3, 0.4) is 0 Å². The van der Waals surface area contributed by atoms with Crippen LogP contribution in [0.25, 0.3) is 0 Å². The number of nitrogens with one attached hydrogen (secondary N) is 2. The summed E-state index contributed by atoms with van der Waals surface area (Å²) in [7, 11) is 1.72. The summed E-state index contributed by atoms with van der Waals surface area (Å²) in [6.45, 7) is 12.0. The van der Waals surface area contributed by atoms with Crippen LogP contribution in [0.1, 0.15) is 44.1 Å². The Morgan fingerprint density at radius 2 is 2.00 bits per heavy atom. The number of rotatable bonds is 12. The average molecular weight is 575 g/mol. The van der Waals surface area contributed by atoms with Gasteiger partial charge in [0.25, 0.3) is 0 Å². The number of hydrogen-bond donors (Lipinski definition) is 2. The number of ether oxygens (including phenoxy) is 1. The molecule has 9 heteroatoms. The number of halogens is 1. The smallest absolute Gasteiger partial charge is 0.191 e. The average Bonchev–Trinajstić information content (AvgIpc) is 3.12. The summed E-state index contributed by atoms with van der Waals surface area (Å²) in [4.78, 5) is 4.74. The number of thioether (sulfide) groups is 1. The molecule has 0 atom stereocenters. The van der Waals surface area contributed by atoms with E-state index < -0.39 is 0 Å². The molecule has 0 aliphatic heterocycles. The van der Waals surface area contributed by atoms with Gasteiger partial charge in [-0.05, 0) is 50.5 Å². The van der Waals surface area contributed by atoms with Gasteiger partial charge in [0.2, 0.25) is 0 Å². The molecule has 2 N–H and O–H groups in total. The molecule has 0 amide bonds. The quantitative estimate of drug-likeness (QED) is 0.129. The van der Waals surface area contributed by atoms with Gasteiger partial charge in [-0.25, -0.2) is 0 Å². The molecule has 0 bridgehead atoms. The second kappa shape index (κ2) is 15.4. The molecular weight excluding hydrogens is 535 g/mol. The van der Waals surface area contributed by atoms with Gasteiger partial charge >= 0.3 is 0 Å². The molecule has 1 heterocycles. The molecule has 1 aromatic heterocycles. The minimum atomic E-state index is 0. The van der Waals surface area contributed by atoms with E-state index in [0.717, 1.165) is 68.1 Å². The van der Waals surface area contributed by atoms with E-state index in [1.54, 1.807) is 18.9 Å². The van der Waals surface area contributed by atoms with Crippen LogP contribution >= 0.6 is 35.7 Å². The van der Waals surface area contributed by atoms with E-state index in [1.165, 1.54) is 11.1 Å². The molecule has 32 heavy (non-hydrogen) atoms. The molecule has 0 spiro atoms. The largest absolute Gasteiger partial charge is 0.496 e. The molecule has 1 aromatic carbocycles. The summed E-state index contributed by atoms with van der Waals surface area (Å²) >= 11 is 1.65. The van der Waals surface area contributed by atoms with Crippen molar-refractivity contribution in [1.29, 1.82) is 0 Å². The van der Waals surface area contributed by atoms with Gasteiger partial charge in [-0.15, -0.1) is 34.2 Å². The van der Waals surface area contributed by atoms with Crippen molar-refractivity contribution in [3.8, 4) is 5.75 Å². The van der Waals surface area contributed by atoms with Crippen molar-refractivity contribution >= 4 is 41.7 Å². The van der Waals surface area contributed by atoms with Crippen molar-refractivity contribution in [2.24, 2.45) is 10.9 Å².